The maximum Gasteiger partial charge on any atom is 0.223 e. The van der Waals surface area contributed by atoms with E-state index >= 15 is 0 Å². The summed E-state index contributed by atoms with van der Waals surface area (Å²) in [5.41, 5.74) is 1.07. The minimum Gasteiger partial charge on any atom is -0.490 e. The Morgan fingerprint density at radius 3 is 2.80 bits per heavy atom. The molecule has 1 fully saturated rings. The van der Waals surface area contributed by atoms with Gasteiger partial charge in [-0.15, -0.1) is 11.6 Å². The van der Waals surface area contributed by atoms with Crippen LogP contribution in [0.25, 0.3) is 0 Å². The summed E-state index contributed by atoms with van der Waals surface area (Å²) in [6, 6.07) is 5.90. The Bertz CT molecular complexity index is 506. The van der Waals surface area contributed by atoms with Crippen molar-refractivity contribution >= 4 is 17.5 Å². The van der Waals surface area contributed by atoms with Gasteiger partial charge in [-0.2, -0.15) is 0 Å². The Hall–Kier alpha value is -1.42. The van der Waals surface area contributed by atoms with Crippen LogP contribution in [0.2, 0.25) is 0 Å². The maximum absolute atomic E-state index is 11.9. The van der Waals surface area contributed by atoms with Crippen LogP contribution in [-0.2, 0) is 11.3 Å². The minimum atomic E-state index is 0.183. The van der Waals surface area contributed by atoms with Crippen molar-refractivity contribution in [1.29, 1.82) is 0 Å². The molecule has 0 aliphatic carbocycles. The fraction of sp³-hybridized carbons (Fsp3) is 0.533. The van der Waals surface area contributed by atoms with E-state index in [0.29, 0.717) is 32.1 Å². The number of halogens is 1. The van der Waals surface area contributed by atoms with Crippen LogP contribution >= 0.6 is 11.6 Å². The molecule has 4 nitrogen and oxygen atoms in total. The molecule has 0 N–H and O–H groups in total. The third-order valence-corrected chi connectivity index (χ3v) is 4.13. The average molecular weight is 296 g/mol. The number of carbonyl (C=O) groups excluding carboxylic acids is 1. The molecule has 0 bridgehead atoms. The summed E-state index contributed by atoms with van der Waals surface area (Å²) in [6.07, 6.45) is 1.46. The Labute approximate surface area is 123 Å². The first-order valence-corrected chi connectivity index (χ1v) is 7.52. The summed E-state index contributed by atoms with van der Waals surface area (Å²) in [6.45, 7) is 2.72. The topological polar surface area (TPSA) is 38.8 Å². The van der Waals surface area contributed by atoms with Crippen LogP contribution < -0.4 is 9.47 Å². The molecule has 2 heterocycles. The van der Waals surface area contributed by atoms with Crippen LogP contribution in [-0.4, -0.2) is 36.4 Å². The van der Waals surface area contributed by atoms with Gasteiger partial charge in [-0.1, -0.05) is 6.07 Å². The van der Waals surface area contributed by atoms with Gasteiger partial charge >= 0.3 is 0 Å². The predicted molar refractivity (Wildman–Crippen MR) is 76.3 cm³/mol. The van der Waals surface area contributed by atoms with E-state index in [1.165, 1.54) is 0 Å². The van der Waals surface area contributed by atoms with E-state index in [4.69, 9.17) is 21.1 Å². The number of rotatable bonds is 3. The summed E-state index contributed by atoms with van der Waals surface area (Å²) in [5.74, 6) is 2.58. The van der Waals surface area contributed by atoms with Crippen molar-refractivity contribution in [2.24, 2.45) is 5.92 Å². The van der Waals surface area contributed by atoms with Crippen molar-refractivity contribution in [1.82, 2.24) is 4.90 Å². The van der Waals surface area contributed by atoms with E-state index in [9.17, 15) is 4.79 Å². The number of fused-ring (bicyclic) bond motifs is 1. The van der Waals surface area contributed by atoms with Crippen LogP contribution in [0.15, 0.2) is 18.2 Å². The molecule has 1 atom stereocenters. The lowest BCUT2D eigenvalue weighted by Gasteiger charge is -2.17. The van der Waals surface area contributed by atoms with Crippen molar-refractivity contribution in [3.63, 3.8) is 0 Å². The van der Waals surface area contributed by atoms with E-state index in [1.54, 1.807) is 0 Å². The molecule has 0 spiro atoms. The Morgan fingerprint density at radius 1 is 1.25 bits per heavy atom. The van der Waals surface area contributed by atoms with Crippen LogP contribution in [0.5, 0.6) is 11.5 Å². The molecule has 108 valence electrons. The zero-order valence-electron chi connectivity index (χ0n) is 11.3. The standard InChI is InChI=1S/C15H18ClNO3/c16-8-12-7-15(18)17(10-12)9-11-2-3-13-14(6-11)20-5-1-4-19-13/h2-3,6,12H,1,4-5,7-10H2. The molecule has 1 amide bonds. The highest BCUT2D eigenvalue weighted by Gasteiger charge is 2.28. The van der Waals surface area contributed by atoms with Gasteiger partial charge in [0.15, 0.2) is 11.5 Å². The summed E-state index contributed by atoms with van der Waals surface area (Å²) in [7, 11) is 0. The zero-order chi connectivity index (χ0) is 13.9. The van der Waals surface area contributed by atoms with Crippen molar-refractivity contribution in [3.8, 4) is 11.5 Å². The molecule has 2 aliphatic heterocycles. The normalized spacial score (nSPS) is 21.9. The third kappa shape index (κ3) is 2.85. The lowest BCUT2D eigenvalue weighted by Crippen LogP contribution is -2.24. The molecule has 1 aromatic carbocycles. The van der Waals surface area contributed by atoms with Crippen molar-refractivity contribution in [2.45, 2.75) is 19.4 Å². The second-order valence-electron chi connectivity index (χ2n) is 5.33. The van der Waals surface area contributed by atoms with Crippen molar-refractivity contribution in [3.05, 3.63) is 23.8 Å². The first-order chi connectivity index (χ1) is 9.76. The molecule has 1 aromatic rings. The minimum absolute atomic E-state index is 0.183. The monoisotopic (exact) mass is 295 g/mol. The highest BCUT2D eigenvalue weighted by Crippen LogP contribution is 2.31. The maximum atomic E-state index is 11.9. The average Bonchev–Trinajstić information content (AvgIpc) is 2.67. The molecule has 1 saturated heterocycles. The number of hydrogen-bond acceptors (Lipinski definition) is 3. The quantitative estimate of drug-likeness (QED) is 0.804. The first-order valence-electron chi connectivity index (χ1n) is 6.98. The van der Waals surface area contributed by atoms with E-state index in [0.717, 1.165) is 30.0 Å². The molecule has 0 aromatic heterocycles. The molecule has 1 unspecified atom stereocenters. The third-order valence-electron chi connectivity index (χ3n) is 3.70. The number of carbonyl (C=O) groups is 1. The first kappa shape index (κ1) is 13.6. The van der Waals surface area contributed by atoms with Gasteiger partial charge in [0, 0.05) is 31.8 Å². The number of likely N-dealkylation sites (tertiary alicyclic amines) is 1. The number of hydrogen-bond donors (Lipinski definition) is 0. The Morgan fingerprint density at radius 2 is 2.05 bits per heavy atom. The lowest BCUT2D eigenvalue weighted by molar-refractivity contribution is -0.128. The fourth-order valence-electron chi connectivity index (χ4n) is 2.64. The highest BCUT2D eigenvalue weighted by atomic mass is 35.5. The fourth-order valence-corrected chi connectivity index (χ4v) is 2.84. The number of alkyl halides is 1. The number of nitrogens with zero attached hydrogens (tertiary/aromatic N) is 1. The van der Waals surface area contributed by atoms with E-state index in [1.807, 2.05) is 23.1 Å². The number of ether oxygens (including phenoxy) is 2. The predicted octanol–water partition coefficient (Wildman–Crippen LogP) is 2.44. The molecule has 2 aliphatic rings. The second kappa shape index (κ2) is 5.92. The summed E-state index contributed by atoms with van der Waals surface area (Å²) in [4.78, 5) is 13.8. The molecular weight excluding hydrogens is 278 g/mol. The van der Waals surface area contributed by atoms with Crippen LogP contribution in [0, 0.1) is 5.92 Å². The zero-order valence-corrected chi connectivity index (χ0v) is 12.1. The van der Waals surface area contributed by atoms with E-state index < -0.39 is 0 Å². The second-order valence-corrected chi connectivity index (χ2v) is 5.64. The van der Waals surface area contributed by atoms with Gasteiger partial charge < -0.3 is 14.4 Å². The van der Waals surface area contributed by atoms with E-state index in [-0.39, 0.29) is 11.8 Å². The molecule has 0 radical (unpaired) electrons. The summed E-state index contributed by atoms with van der Waals surface area (Å²) < 4.78 is 11.3. The molecule has 3 rings (SSSR count). The van der Waals surface area contributed by atoms with E-state index in [2.05, 4.69) is 0 Å². The summed E-state index contributed by atoms with van der Waals surface area (Å²) >= 11 is 5.84. The number of benzene rings is 1. The molecule has 0 saturated carbocycles. The van der Waals surface area contributed by atoms with Crippen molar-refractivity contribution < 1.29 is 14.3 Å². The lowest BCUT2D eigenvalue weighted by atomic mass is 10.1. The van der Waals surface area contributed by atoms with Crippen LogP contribution in [0.1, 0.15) is 18.4 Å². The molecular formula is C15H18ClNO3. The van der Waals surface area contributed by atoms with Gasteiger partial charge in [-0.25, -0.2) is 0 Å². The Kier molecular flexibility index (Phi) is 4.01. The highest BCUT2D eigenvalue weighted by molar-refractivity contribution is 6.18. The molecule has 5 heteroatoms. The van der Waals surface area contributed by atoms with Gasteiger partial charge in [0.25, 0.3) is 0 Å². The van der Waals surface area contributed by atoms with Crippen LogP contribution in [0.3, 0.4) is 0 Å². The molecule has 20 heavy (non-hydrogen) atoms. The SMILES string of the molecule is O=C1CC(CCl)CN1Cc1ccc2c(c1)OCCCO2. The Balaban J connectivity index is 1.72. The van der Waals surface area contributed by atoms with Gasteiger partial charge in [-0.05, 0) is 23.6 Å². The van der Waals surface area contributed by atoms with Gasteiger partial charge in [0.2, 0.25) is 5.91 Å². The van der Waals surface area contributed by atoms with Gasteiger partial charge in [0.1, 0.15) is 0 Å². The largest absolute Gasteiger partial charge is 0.490 e. The summed E-state index contributed by atoms with van der Waals surface area (Å²) in [5, 5.41) is 0. The van der Waals surface area contributed by atoms with Gasteiger partial charge in [-0.3, -0.25) is 4.79 Å². The van der Waals surface area contributed by atoms with Gasteiger partial charge in [0.05, 0.1) is 13.2 Å². The smallest absolute Gasteiger partial charge is 0.223 e. The van der Waals surface area contributed by atoms with Crippen molar-refractivity contribution in [2.75, 3.05) is 25.6 Å². The number of amides is 1. The van der Waals surface area contributed by atoms with Crippen LogP contribution in [0.4, 0.5) is 0 Å².